The summed E-state index contributed by atoms with van der Waals surface area (Å²) in [7, 11) is -4.42. The predicted octanol–water partition coefficient (Wildman–Crippen LogP) is 7.24. The number of carbonyl (C=O) groups excluding carboxylic acids is 1. The summed E-state index contributed by atoms with van der Waals surface area (Å²) in [5.41, 5.74) is 0.375. The van der Waals surface area contributed by atoms with Crippen LogP contribution in [0.15, 0.2) is 84.9 Å². The molecule has 2 bridgehead atoms. The van der Waals surface area contributed by atoms with Gasteiger partial charge in [0.15, 0.2) is 5.78 Å². The number of hydrogen-bond acceptors (Lipinski definition) is 3. The van der Waals surface area contributed by atoms with E-state index >= 15 is 4.79 Å². The maximum atomic E-state index is 15.2. The summed E-state index contributed by atoms with van der Waals surface area (Å²) < 4.78 is 35.3. The maximum absolute atomic E-state index is 15.2. The van der Waals surface area contributed by atoms with Gasteiger partial charge in [0.2, 0.25) is 0 Å². The van der Waals surface area contributed by atoms with E-state index in [1.54, 1.807) is 0 Å². The fraction of sp³-hybridized carbons (Fsp3) is 0.441. The number of rotatable bonds is 6. The third-order valence-corrected chi connectivity index (χ3v) is 11.8. The van der Waals surface area contributed by atoms with Gasteiger partial charge >= 0.3 is 0 Å². The van der Waals surface area contributed by atoms with Crippen LogP contribution in [0.2, 0.25) is 0 Å². The van der Waals surface area contributed by atoms with Gasteiger partial charge in [0.05, 0.1) is 16.6 Å². The highest BCUT2D eigenvalue weighted by atomic mass is 32.2. The van der Waals surface area contributed by atoms with Crippen molar-refractivity contribution in [2.24, 2.45) is 10.8 Å². The van der Waals surface area contributed by atoms with Crippen molar-refractivity contribution in [2.75, 3.05) is 5.75 Å². The summed E-state index contributed by atoms with van der Waals surface area (Å²) in [6.07, 6.45) is 7.33. The molecule has 0 spiro atoms. The second-order valence-corrected chi connectivity index (χ2v) is 14.1. The number of benzene rings is 3. The first-order valence-corrected chi connectivity index (χ1v) is 15.9. The third kappa shape index (κ3) is 3.52. The second kappa shape index (κ2) is 9.14. The third-order valence-electron chi connectivity index (χ3n) is 10.9. The smallest absolute Gasteiger partial charge is 0.265 e. The van der Waals surface area contributed by atoms with Crippen molar-refractivity contribution >= 4 is 15.9 Å². The van der Waals surface area contributed by atoms with E-state index in [0.29, 0.717) is 18.8 Å². The molecule has 3 fully saturated rings. The van der Waals surface area contributed by atoms with Crippen LogP contribution in [0, 0.1) is 10.8 Å². The highest BCUT2D eigenvalue weighted by molar-refractivity contribution is 7.85. The van der Waals surface area contributed by atoms with E-state index in [-0.39, 0.29) is 5.78 Å². The number of hydrogen-bond donors (Lipinski definition) is 1. The molecular formula is C34H38O4S. The molecule has 0 saturated heterocycles. The topological polar surface area (TPSA) is 71.4 Å². The van der Waals surface area contributed by atoms with Gasteiger partial charge < -0.3 is 0 Å². The molecule has 3 saturated carbocycles. The summed E-state index contributed by atoms with van der Waals surface area (Å²) >= 11 is 0. The van der Waals surface area contributed by atoms with Crippen molar-refractivity contribution in [3.8, 4) is 0 Å². The van der Waals surface area contributed by atoms with Gasteiger partial charge in [-0.2, -0.15) is 8.42 Å². The molecule has 1 N–H and O–H groups in total. The molecule has 3 aliphatic rings. The number of Topliss-reactive ketones (excluding diaryl/α,β-unsaturated/α-hetero) is 1. The second-order valence-electron chi connectivity index (χ2n) is 12.6. The molecule has 5 heteroatoms. The van der Waals surface area contributed by atoms with E-state index in [1.807, 2.05) is 60.7 Å². The normalized spacial score (nSPS) is 28.0. The van der Waals surface area contributed by atoms with Gasteiger partial charge in [-0.05, 0) is 59.3 Å². The van der Waals surface area contributed by atoms with Crippen LogP contribution in [0.5, 0.6) is 0 Å². The molecule has 3 aromatic rings. The van der Waals surface area contributed by atoms with Gasteiger partial charge in [0, 0.05) is 5.41 Å². The lowest BCUT2D eigenvalue weighted by Crippen LogP contribution is -2.55. The molecule has 2 atom stereocenters. The zero-order chi connectivity index (χ0) is 27.5. The van der Waals surface area contributed by atoms with Gasteiger partial charge in [0.25, 0.3) is 10.1 Å². The maximum Gasteiger partial charge on any atom is 0.265 e. The van der Waals surface area contributed by atoms with Gasteiger partial charge in [-0.25, -0.2) is 0 Å². The lowest BCUT2D eigenvalue weighted by molar-refractivity contribution is -0.132. The standard InChI is InChI=1S/C34H38O4S/c1-31(2)32(24-39(36,37)38)22-23-33(31,27-20-18-26(19-21-27)25-12-6-3-7-13-25)34(30(32)35,28-14-8-4-9-15-28)29-16-10-5-11-17-29/h4-5,8-11,14-21,25H,3,6-7,12-13,22-24H2,1-2H3,(H,36,37,38). The molecule has 3 aliphatic carbocycles. The van der Waals surface area contributed by atoms with E-state index < -0.39 is 37.5 Å². The first kappa shape index (κ1) is 26.5. The monoisotopic (exact) mass is 542 g/mol. The molecule has 0 aliphatic heterocycles. The van der Waals surface area contributed by atoms with Crippen molar-refractivity contribution in [2.45, 2.75) is 75.5 Å². The Hall–Kier alpha value is -2.76. The van der Waals surface area contributed by atoms with E-state index in [0.717, 1.165) is 16.7 Å². The Kier molecular flexibility index (Phi) is 6.20. The van der Waals surface area contributed by atoms with Gasteiger partial charge in [0.1, 0.15) is 0 Å². The molecule has 0 heterocycles. The fourth-order valence-electron chi connectivity index (χ4n) is 9.17. The fourth-order valence-corrected chi connectivity index (χ4v) is 10.4. The summed E-state index contributed by atoms with van der Waals surface area (Å²) in [6.45, 7) is 4.12. The quantitative estimate of drug-likeness (QED) is 0.334. The van der Waals surface area contributed by atoms with Crippen LogP contribution in [-0.2, 0) is 25.7 Å². The highest BCUT2D eigenvalue weighted by Crippen LogP contribution is 2.79. The van der Waals surface area contributed by atoms with Crippen molar-refractivity contribution in [1.82, 2.24) is 0 Å². The van der Waals surface area contributed by atoms with Gasteiger partial charge in [-0.3, -0.25) is 9.35 Å². The number of ketones is 1. The number of fused-ring (bicyclic) bond motifs is 2. The molecule has 39 heavy (non-hydrogen) atoms. The van der Waals surface area contributed by atoms with E-state index in [9.17, 15) is 13.0 Å². The van der Waals surface area contributed by atoms with Gasteiger partial charge in [-0.15, -0.1) is 0 Å². The summed E-state index contributed by atoms with van der Waals surface area (Å²) in [5, 5.41) is 0. The SMILES string of the molecule is CC1(C)C2(CS(=O)(=O)O)CCC1(c1ccc(C3CCCCC3)cc1)C(c1ccccc1)(c1ccccc1)C2=O. The summed E-state index contributed by atoms with van der Waals surface area (Å²) in [6, 6.07) is 28.7. The van der Waals surface area contributed by atoms with Crippen molar-refractivity contribution in [3.05, 3.63) is 107 Å². The molecule has 204 valence electrons. The predicted molar refractivity (Wildman–Crippen MR) is 154 cm³/mol. The average molecular weight is 543 g/mol. The summed E-state index contributed by atoms with van der Waals surface area (Å²) in [4.78, 5) is 15.2. The van der Waals surface area contributed by atoms with Crippen LogP contribution < -0.4 is 0 Å². The average Bonchev–Trinajstić information content (AvgIpc) is 3.24. The lowest BCUT2D eigenvalue weighted by atomic mass is 9.49. The highest BCUT2D eigenvalue weighted by Gasteiger charge is 2.83. The molecule has 3 aromatic carbocycles. The molecule has 0 amide bonds. The van der Waals surface area contributed by atoms with Crippen LogP contribution >= 0.6 is 0 Å². The molecule has 0 radical (unpaired) electrons. The Bertz CT molecular complexity index is 1430. The van der Waals surface area contributed by atoms with E-state index in [1.165, 1.54) is 37.7 Å². The van der Waals surface area contributed by atoms with Crippen molar-refractivity contribution in [3.63, 3.8) is 0 Å². The van der Waals surface area contributed by atoms with Crippen molar-refractivity contribution < 1.29 is 17.8 Å². The Morgan fingerprint density at radius 3 is 1.79 bits per heavy atom. The molecule has 4 nitrogen and oxygen atoms in total. The van der Waals surface area contributed by atoms with Crippen LogP contribution in [0.25, 0.3) is 0 Å². The summed E-state index contributed by atoms with van der Waals surface area (Å²) in [5.74, 6) is -0.0915. The van der Waals surface area contributed by atoms with Crippen molar-refractivity contribution in [1.29, 1.82) is 0 Å². The van der Waals surface area contributed by atoms with E-state index in [2.05, 4.69) is 38.1 Å². The Morgan fingerprint density at radius 1 is 0.744 bits per heavy atom. The van der Waals surface area contributed by atoms with Gasteiger partial charge in [-0.1, -0.05) is 118 Å². The largest absolute Gasteiger partial charge is 0.298 e. The Labute approximate surface area is 232 Å². The van der Waals surface area contributed by atoms with E-state index in [4.69, 9.17) is 0 Å². The number of carbonyl (C=O) groups is 1. The van der Waals surface area contributed by atoms with Crippen LogP contribution in [0.3, 0.4) is 0 Å². The van der Waals surface area contributed by atoms with Crippen LogP contribution in [0.4, 0.5) is 0 Å². The minimum absolute atomic E-state index is 0.0994. The first-order chi connectivity index (χ1) is 18.6. The molecular weight excluding hydrogens is 504 g/mol. The minimum Gasteiger partial charge on any atom is -0.298 e. The molecule has 2 unspecified atom stereocenters. The molecule has 6 rings (SSSR count). The zero-order valence-electron chi connectivity index (χ0n) is 22.9. The zero-order valence-corrected chi connectivity index (χ0v) is 23.7. The first-order valence-electron chi connectivity index (χ1n) is 14.3. The Morgan fingerprint density at radius 2 is 1.28 bits per heavy atom. The molecule has 0 aromatic heterocycles. The van der Waals surface area contributed by atoms with Crippen LogP contribution in [-0.4, -0.2) is 24.5 Å². The Balaban J connectivity index is 1.66. The lowest BCUT2D eigenvalue weighted by Gasteiger charge is -2.51. The minimum atomic E-state index is -4.42. The van der Waals surface area contributed by atoms with Crippen LogP contribution in [0.1, 0.15) is 87.0 Å².